The zero-order valence-electron chi connectivity index (χ0n) is 9.82. The number of benzene rings is 1. The molecular weight excluding hydrogens is 214 g/mol. The van der Waals surface area contributed by atoms with Crippen LogP contribution in [0, 0.1) is 0 Å². The Hall–Kier alpha value is -1.48. The number of hydrogen-bond donors (Lipinski definition) is 1. The second-order valence-electron chi connectivity index (χ2n) is 4.53. The molecule has 0 saturated heterocycles. The zero-order valence-corrected chi connectivity index (χ0v) is 9.82. The second kappa shape index (κ2) is 4.80. The Morgan fingerprint density at radius 3 is 3.06 bits per heavy atom. The van der Waals surface area contributed by atoms with Crippen molar-refractivity contribution in [1.82, 2.24) is 5.32 Å². The Labute approximate surface area is 101 Å². The molecule has 1 aliphatic carbocycles. The van der Waals surface area contributed by atoms with E-state index in [1.807, 2.05) is 6.07 Å². The third-order valence-electron chi connectivity index (χ3n) is 3.26. The minimum atomic E-state index is 0.345. The molecule has 0 spiro atoms. The summed E-state index contributed by atoms with van der Waals surface area (Å²) in [6.45, 7) is 1.23. The molecule has 0 fully saturated rings. The molecule has 3 heteroatoms. The maximum atomic E-state index is 5.37. The van der Waals surface area contributed by atoms with Gasteiger partial charge < -0.3 is 14.8 Å². The van der Waals surface area contributed by atoms with Crippen molar-refractivity contribution in [3.05, 3.63) is 35.9 Å². The summed E-state index contributed by atoms with van der Waals surface area (Å²) in [5, 5.41) is 3.55. The van der Waals surface area contributed by atoms with Gasteiger partial charge in [-0.3, -0.25) is 0 Å². The Kier molecular flexibility index (Phi) is 3.01. The highest BCUT2D eigenvalue weighted by Gasteiger charge is 2.13. The van der Waals surface area contributed by atoms with E-state index >= 15 is 0 Å². The molecule has 17 heavy (non-hydrogen) atoms. The molecule has 1 unspecified atom stereocenters. The molecule has 0 aromatic heterocycles. The highest BCUT2D eigenvalue weighted by Crippen LogP contribution is 2.32. The lowest BCUT2D eigenvalue weighted by atomic mass is 10.0. The third kappa shape index (κ3) is 2.44. The normalized spacial score (nSPS) is 21.8. The van der Waals surface area contributed by atoms with Crippen molar-refractivity contribution in [2.45, 2.75) is 31.8 Å². The summed E-state index contributed by atoms with van der Waals surface area (Å²) < 4.78 is 10.7. The fraction of sp³-hybridized carbons (Fsp3) is 0.429. The SMILES string of the molecule is C1=CC(NCc2ccc3c(c2)OCO3)CCC1. The van der Waals surface area contributed by atoms with E-state index < -0.39 is 0 Å². The molecule has 0 amide bonds. The van der Waals surface area contributed by atoms with Gasteiger partial charge >= 0.3 is 0 Å². The maximum Gasteiger partial charge on any atom is 0.231 e. The Morgan fingerprint density at radius 1 is 1.24 bits per heavy atom. The van der Waals surface area contributed by atoms with Gasteiger partial charge in [-0.15, -0.1) is 0 Å². The topological polar surface area (TPSA) is 30.5 Å². The summed E-state index contributed by atoms with van der Waals surface area (Å²) in [5.74, 6) is 1.72. The molecule has 1 aromatic carbocycles. The van der Waals surface area contributed by atoms with E-state index in [9.17, 15) is 0 Å². The summed E-state index contributed by atoms with van der Waals surface area (Å²) in [4.78, 5) is 0. The standard InChI is InChI=1S/C14H17NO2/c1-2-4-12(5-3-1)15-9-11-6-7-13-14(8-11)17-10-16-13/h2,4,6-8,12,15H,1,3,5,9-10H2. The van der Waals surface area contributed by atoms with Crippen LogP contribution < -0.4 is 14.8 Å². The fourth-order valence-corrected chi connectivity index (χ4v) is 2.28. The van der Waals surface area contributed by atoms with Crippen LogP contribution in [0.2, 0.25) is 0 Å². The molecule has 3 nitrogen and oxygen atoms in total. The van der Waals surface area contributed by atoms with Crippen LogP contribution in [0.3, 0.4) is 0 Å². The molecule has 2 aliphatic rings. The van der Waals surface area contributed by atoms with Crippen molar-refractivity contribution in [2.24, 2.45) is 0 Å². The summed E-state index contributed by atoms with van der Waals surface area (Å²) >= 11 is 0. The van der Waals surface area contributed by atoms with E-state index in [0.717, 1.165) is 18.0 Å². The van der Waals surface area contributed by atoms with Crippen LogP contribution in [0.15, 0.2) is 30.4 Å². The van der Waals surface area contributed by atoms with Crippen molar-refractivity contribution in [2.75, 3.05) is 6.79 Å². The minimum absolute atomic E-state index is 0.345. The van der Waals surface area contributed by atoms with E-state index in [-0.39, 0.29) is 0 Å². The Morgan fingerprint density at radius 2 is 2.18 bits per heavy atom. The first-order valence-electron chi connectivity index (χ1n) is 6.20. The highest BCUT2D eigenvalue weighted by atomic mass is 16.7. The first-order chi connectivity index (χ1) is 8.42. The number of allylic oxidation sites excluding steroid dienone is 1. The van der Waals surface area contributed by atoms with Crippen LogP contribution >= 0.6 is 0 Å². The van der Waals surface area contributed by atoms with Crippen LogP contribution in [-0.4, -0.2) is 12.8 Å². The number of hydrogen-bond acceptors (Lipinski definition) is 3. The molecule has 90 valence electrons. The van der Waals surface area contributed by atoms with Crippen molar-refractivity contribution >= 4 is 0 Å². The molecular formula is C14H17NO2. The minimum Gasteiger partial charge on any atom is -0.454 e. The third-order valence-corrected chi connectivity index (χ3v) is 3.26. The van der Waals surface area contributed by atoms with E-state index in [1.54, 1.807) is 0 Å². The predicted molar refractivity (Wildman–Crippen MR) is 66.2 cm³/mol. The van der Waals surface area contributed by atoms with Gasteiger partial charge in [0.15, 0.2) is 11.5 Å². The van der Waals surface area contributed by atoms with Gasteiger partial charge in [0, 0.05) is 12.6 Å². The Balaban J connectivity index is 1.61. The first kappa shape index (κ1) is 10.7. The van der Waals surface area contributed by atoms with Gasteiger partial charge in [-0.05, 0) is 37.0 Å². The van der Waals surface area contributed by atoms with Gasteiger partial charge in [-0.2, -0.15) is 0 Å². The van der Waals surface area contributed by atoms with Crippen molar-refractivity contribution < 1.29 is 9.47 Å². The summed E-state index contributed by atoms with van der Waals surface area (Å²) in [6, 6.07) is 6.65. The lowest BCUT2D eigenvalue weighted by molar-refractivity contribution is 0.174. The largest absolute Gasteiger partial charge is 0.454 e. The van der Waals surface area contributed by atoms with Gasteiger partial charge in [-0.25, -0.2) is 0 Å². The molecule has 0 radical (unpaired) electrons. The van der Waals surface area contributed by atoms with E-state index in [1.165, 1.54) is 24.8 Å². The fourth-order valence-electron chi connectivity index (χ4n) is 2.28. The second-order valence-corrected chi connectivity index (χ2v) is 4.53. The van der Waals surface area contributed by atoms with Crippen molar-refractivity contribution in [3.8, 4) is 11.5 Å². The molecule has 1 aliphatic heterocycles. The maximum absolute atomic E-state index is 5.37. The van der Waals surface area contributed by atoms with Crippen molar-refractivity contribution in [1.29, 1.82) is 0 Å². The average Bonchev–Trinajstić information content (AvgIpc) is 2.85. The molecule has 0 bridgehead atoms. The monoisotopic (exact) mass is 231 g/mol. The van der Waals surface area contributed by atoms with Crippen LogP contribution in [0.5, 0.6) is 11.5 Å². The molecule has 1 N–H and O–H groups in total. The Bertz CT molecular complexity index is 428. The average molecular weight is 231 g/mol. The van der Waals surface area contributed by atoms with Crippen molar-refractivity contribution in [3.63, 3.8) is 0 Å². The van der Waals surface area contributed by atoms with E-state index in [4.69, 9.17) is 9.47 Å². The van der Waals surface area contributed by atoms with E-state index in [2.05, 4.69) is 29.6 Å². The highest BCUT2D eigenvalue weighted by molar-refractivity contribution is 5.44. The zero-order chi connectivity index (χ0) is 11.5. The van der Waals surface area contributed by atoms with Gasteiger partial charge in [0.1, 0.15) is 0 Å². The lowest BCUT2D eigenvalue weighted by Crippen LogP contribution is -2.27. The smallest absolute Gasteiger partial charge is 0.231 e. The molecule has 1 atom stereocenters. The number of ether oxygens (including phenoxy) is 2. The molecule has 1 heterocycles. The van der Waals surface area contributed by atoms with Gasteiger partial charge in [-0.1, -0.05) is 18.2 Å². The summed E-state index contributed by atoms with van der Waals surface area (Å²) in [7, 11) is 0. The predicted octanol–water partition coefficient (Wildman–Crippen LogP) is 2.61. The van der Waals surface area contributed by atoms with Crippen LogP contribution in [0.1, 0.15) is 24.8 Å². The van der Waals surface area contributed by atoms with Crippen LogP contribution in [-0.2, 0) is 6.54 Å². The van der Waals surface area contributed by atoms with Crippen LogP contribution in [0.25, 0.3) is 0 Å². The lowest BCUT2D eigenvalue weighted by Gasteiger charge is -2.18. The molecule has 1 aromatic rings. The first-order valence-corrected chi connectivity index (χ1v) is 6.20. The summed E-state index contributed by atoms with van der Waals surface area (Å²) in [6.07, 6.45) is 8.29. The van der Waals surface area contributed by atoms with Gasteiger partial charge in [0.25, 0.3) is 0 Å². The quantitative estimate of drug-likeness (QED) is 0.811. The number of fused-ring (bicyclic) bond motifs is 1. The van der Waals surface area contributed by atoms with E-state index in [0.29, 0.717) is 12.8 Å². The molecule has 0 saturated carbocycles. The van der Waals surface area contributed by atoms with Crippen LogP contribution in [0.4, 0.5) is 0 Å². The molecule has 3 rings (SSSR count). The van der Waals surface area contributed by atoms with Gasteiger partial charge in [0.05, 0.1) is 0 Å². The van der Waals surface area contributed by atoms with Gasteiger partial charge in [0.2, 0.25) is 6.79 Å². The summed E-state index contributed by atoms with van der Waals surface area (Å²) in [5.41, 5.74) is 1.24. The number of nitrogens with one attached hydrogen (secondary N) is 1. The number of rotatable bonds is 3.